The minimum atomic E-state index is -0.193. The zero-order valence-corrected chi connectivity index (χ0v) is 19.4. The van der Waals surface area contributed by atoms with Crippen molar-refractivity contribution in [3.8, 4) is 0 Å². The Morgan fingerprint density at radius 1 is 0.971 bits per heavy atom. The third-order valence-corrected chi connectivity index (χ3v) is 5.50. The smallest absolute Gasteiger partial charge is 0.267 e. The van der Waals surface area contributed by atoms with Crippen molar-refractivity contribution in [2.45, 2.75) is 19.0 Å². The van der Waals surface area contributed by atoms with Crippen LogP contribution in [0.5, 0.6) is 0 Å². The van der Waals surface area contributed by atoms with Crippen LogP contribution in [-0.4, -0.2) is 43.1 Å². The molecule has 1 heterocycles. The number of carbonyl (C=O) groups excluding carboxylic acids is 2. The number of hydrogen-bond acceptors (Lipinski definition) is 5. The maximum Gasteiger partial charge on any atom is 0.267 e. The van der Waals surface area contributed by atoms with Gasteiger partial charge >= 0.3 is 0 Å². The zero-order chi connectivity index (χ0) is 23.9. The second-order valence-corrected chi connectivity index (χ2v) is 8.53. The number of anilines is 2. The molecule has 7 nitrogen and oxygen atoms in total. The monoisotopic (exact) mass is 455 g/mol. The number of benzene rings is 3. The Labute approximate surface area is 200 Å². The van der Waals surface area contributed by atoms with Gasteiger partial charge in [0.2, 0.25) is 5.91 Å². The van der Waals surface area contributed by atoms with Crippen molar-refractivity contribution in [2.24, 2.45) is 5.10 Å². The fraction of sp³-hybridized carbons (Fsp3) is 0.222. The quantitative estimate of drug-likeness (QED) is 0.542. The molecule has 2 N–H and O–H groups in total. The van der Waals surface area contributed by atoms with Crippen LogP contribution in [-0.2, 0) is 16.1 Å². The van der Waals surface area contributed by atoms with Gasteiger partial charge in [-0.2, -0.15) is 5.10 Å². The predicted molar refractivity (Wildman–Crippen MR) is 136 cm³/mol. The lowest BCUT2D eigenvalue weighted by Crippen LogP contribution is -2.30. The van der Waals surface area contributed by atoms with Crippen LogP contribution in [0.1, 0.15) is 23.6 Å². The van der Waals surface area contributed by atoms with E-state index in [-0.39, 0.29) is 17.9 Å². The summed E-state index contributed by atoms with van der Waals surface area (Å²) in [6.45, 7) is 0.651. The summed E-state index contributed by atoms with van der Waals surface area (Å²) in [5.74, 6) is -0.277. The Morgan fingerprint density at radius 3 is 2.38 bits per heavy atom. The van der Waals surface area contributed by atoms with E-state index in [0.29, 0.717) is 30.9 Å². The number of amides is 2. The number of rotatable bonds is 8. The molecule has 0 radical (unpaired) electrons. The van der Waals surface area contributed by atoms with Crippen LogP contribution in [0.25, 0.3) is 0 Å². The van der Waals surface area contributed by atoms with Crippen LogP contribution in [0.2, 0.25) is 0 Å². The summed E-state index contributed by atoms with van der Waals surface area (Å²) in [5.41, 5.74) is 4.15. The molecule has 3 aromatic carbocycles. The molecule has 1 unspecified atom stereocenters. The second kappa shape index (κ2) is 10.8. The van der Waals surface area contributed by atoms with Crippen LogP contribution < -0.4 is 15.6 Å². The molecule has 0 fully saturated rings. The van der Waals surface area contributed by atoms with Crippen LogP contribution in [0.15, 0.2) is 90.0 Å². The fourth-order valence-corrected chi connectivity index (χ4v) is 3.93. The Bertz CT molecular complexity index is 1160. The summed E-state index contributed by atoms with van der Waals surface area (Å²) in [7, 11) is 3.69. The van der Waals surface area contributed by atoms with Gasteiger partial charge in [-0.3, -0.25) is 14.6 Å². The number of likely N-dealkylation sites (N-methyl/N-ethyl adjacent to an activating group) is 1. The van der Waals surface area contributed by atoms with E-state index in [9.17, 15) is 9.59 Å². The zero-order valence-electron chi connectivity index (χ0n) is 19.4. The molecule has 0 saturated heterocycles. The van der Waals surface area contributed by atoms with E-state index < -0.39 is 0 Å². The molecule has 4 rings (SSSR count). The van der Waals surface area contributed by atoms with Crippen LogP contribution in [0.4, 0.5) is 11.4 Å². The van der Waals surface area contributed by atoms with E-state index in [4.69, 9.17) is 0 Å². The molecule has 3 aromatic rings. The first kappa shape index (κ1) is 23.2. The average molecular weight is 456 g/mol. The molecular formula is C27H29N5O2. The fourth-order valence-electron chi connectivity index (χ4n) is 3.93. The molecule has 0 bridgehead atoms. The summed E-state index contributed by atoms with van der Waals surface area (Å²) in [4.78, 5) is 26.8. The summed E-state index contributed by atoms with van der Waals surface area (Å²) in [6, 6.07) is 27.4. The van der Waals surface area contributed by atoms with Gasteiger partial charge in [-0.25, -0.2) is 0 Å². The highest BCUT2D eigenvalue weighted by atomic mass is 16.2. The first-order valence-electron chi connectivity index (χ1n) is 11.3. The van der Waals surface area contributed by atoms with Crippen LogP contribution in [0, 0.1) is 0 Å². The van der Waals surface area contributed by atoms with E-state index in [0.717, 1.165) is 16.8 Å². The van der Waals surface area contributed by atoms with E-state index >= 15 is 0 Å². The molecule has 34 heavy (non-hydrogen) atoms. The average Bonchev–Trinajstić information content (AvgIpc) is 3.29. The lowest BCUT2D eigenvalue weighted by molar-refractivity contribution is -0.117. The number of hydrazone groups is 1. The Hall–Kier alpha value is -3.97. The lowest BCUT2D eigenvalue weighted by atomic mass is 10.0. The highest BCUT2D eigenvalue weighted by Gasteiger charge is 2.32. The van der Waals surface area contributed by atoms with Gasteiger partial charge in [-0.15, -0.1) is 0 Å². The van der Waals surface area contributed by atoms with E-state index in [2.05, 4.69) is 27.9 Å². The van der Waals surface area contributed by atoms with Gasteiger partial charge < -0.3 is 15.5 Å². The summed E-state index contributed by atoms with van der Waals surface area (Å²) in [6.07, 6.45) is 0.519. The van der Waals surface area contributed by atoms with Crippen LogP contribution >= 0.6 is 0 Å². The minimum Gasteiger partial charge on any atom is -0.347 e. The maximum atomic E-state index is 13.0. The molecule has 174 valence electrons. The topological polar surface area (TPSA) is 77.0 Å². The standard InChI is InChI=1S/C27H29N5O2/c1-31(2)19-26(33)29-22-13-9-10-20(16-22)18-28-27(34)24-17-25(21-11-5-3-6-12-21)32(30-24)23-14-7-4-8-15-23/h3-16,25H,17-19H2,1-2H3,(H,28,34)(H,29,33). The molecular weight excluding hydrogens is 426 g/mol. The van der Waals surface area contributed by atoms with E-state index in [1.807, 2.05) is 96.8 Å². The van der Waals surface area contributed by atoms with Gasteiger partial charge in [0.25, 0.3) is 5.91 Å². The first-order chi connectivity index (χ1) is 16.5. The highest BCUT2D eigenvalue weighted by molar-refractivity contribution is 6.39. The Morgan fingerprint density at radius 2 is 1.68 bits per heavy atom. The third kappa shape index (κ3) is 5.88. The van der Waals surface area contributed by atoms with Crippen molar-refractivity contribution in [1.29, 1.82) is 0 Å². The number of hydrogen-bond donors (Lipinski definition) is 2. The normalized spacial score (nSPS) is 15.2. The molecule has 1 atom stereocenters. The van der Waals surface area contributed by atoms with Gasteiger partial charge in [0.15, 0.2) is 0 Å². The van der Waals surface area contributed by atoms with Gasteiger partial charge in [-0.1, -0.05) is 60.7 Å². The van der Waals surface area contributed by atoms with Gasteiger partial charge in [0, 0.05) is 18.7 Å². The molecule has 0 aliphatic carbocycles. The Balaban J connectivity index is 1.44. The number of nitrogens with one attached hydrogen (secondary N) is 2. The Kier molecular flexibility index (Phi) is 7.34. The van der Waals surface area contributed by atoms with Gasteiger partial charge in [0.05, 0.1) is 18.3 Å². The molecule has 7 heteroatoms. The van der Waals surface area contributed by atoms with Crippen molar-refractivity contribution >= 4 is 28.9 Å². The number of carbonyl (C=O) groups is 2. The van der Waals surface area contributed by atoms with Crippen molar-refractivity contribution in [2.75, 3.05) is 31.0 Å². The number of nitrogens with zero attached hydrogens (tertiary/aromatic N) is 3. The van der Waals surface area contributed by atoms with Gasteiger partial charge in [-0.05, 0) is 49.5 Å². The lowest BCUT2D eigenvalue weighted by Gasteiger charge is -2.23. The minimum absolute atomic E-state index is 0.0420. The second-order valence-electron chi connectivity index (χ2n) is 8.53. The van der Waals surface area contributed by atoms with Crippen molar-refractivity contribution < 1.29 is 9.59 Å². The first-order valence-corrected chi connectivity index (χ1v) is 11.3. The summed E-state index contributed by atoms with van der Waals surface area (Å²) >= 11 is 0. The molecule has 1 aliphatic rings. The predicted octanol–water partition coefficient (Wildman–Crippen LogP) is 3.81. The molecule has 0 spiro atoms. The molecule has 1 aliphatic heterocycles. The summed E-state index contributed by atoms with van der Waals surface area (Å²) in [5, 5.41) is 12.5. The van der Waals surface area contributed by atoms with Crippen LogP contribution in [0.3, 0.4) is 0 Å². The SMILES string of the molecule is CN(C)CC(=O)Nc1cccc(CNC(=O)C2=NN(c3ccccc3)C(c3ccccc3)C2)c1. The largest absolute Gasteiger partial charge is 0.347 e. The van der Waals surface area contributed by atoms with Crippen molar-refractivity contribution in [1.82, 2.24) is 10.2 Å². The number of para-hydroxylation sites is 1. The van der Waals surface area contributed by atoms with E-state index in [1.54, 1.807) is 0 Å². The van der Waals surface area contributed by atoms with Crippen molar-refractivity contribution in [3.63, 3.8) is 0 Å². The summed E-state index contributed by atoms with van der Waals surface area (Å²) < 4.78 is 0. The third-order valence-electron chi connectivity index (χ3n) is 5.50. The molecule has 0 saturated carbocycles. The van der Waals surface area contributed by atoms with E-state index in [1.165, 1.54) is 0 Å². The highest BCUT2D eigenvalue weighted by Crippen LogP contribution is 2.35. The molecule has 0 aromatic heterocycles. The maximum absolute atomic E-state index is 13.0. The molecule has 2 amide bonds. The van der Waals surface area contributed by atoms with Gasteiger partial charge in [0.1, 0.15) is 5.71 Å². The van der Waals surface area contributed by atoms with Crippen molar-refractivity contribution in [3.05, 3.63) is 96.1 Å².